The number of hydrogen-bond acceptors (Lipinski definition) is 4. The summed E-state index contributed by atoms with van der Waals surface area (Å²) in [6, 6.07) is 9.72. The van der Waals surface area contributed by atoms with E-state index in [-0.39, 0.29) is 24.9 Å². The van der Waals surface area contributed by atoms with Crippen molar-refractivity contribution in [2.45, 2.75) is 0 Å². The van der Waals surface area contributed by atoms with E-state index in [1.54, 1.807) is 24.2 Å². The van der Waals surface area contributed by atoms with E-state index in [2.05, 4.69) is 15.7 Å². The summed E-state index contributed by atoms with van der Waals surface area (Å²) in [6.45, 7) is 1.48. The van der Waals surface area contributed by atoms with E-state index >= 15 is 0 Å². The number of nitrogens with one attached hydrogen (secondary N) is 2. The van der Waals surface area contributed by atoms with Crippen LogP contribution in [0.1, 0.15) is 0 Å². The molecule has 0 aliphatic heterocycles. The van der Waals surface area contributed by atoms with Crippen LogP contribution in [-0.2, 0) is 9.53 Å². The molecule has 0 radical (unpaired) electrons. The smallest absolute Gasteiger partial charge is 0.238 e. The van der Waals surface area contributed by atoms with Crippen LogP contribution in [0.4, 0.5) is 5.69 Å². The molecule has 0 aliphatic rings. The van der Waals surface area contributed by atoms with Crippen molar-refractivity contribution in [3.8, 4) is 5.69 Å². The monoisotopic (exact) mass is 310 g/mol. The van der Waals surface area contributed by atoms with Gasteiger partial charge in [0.25, 0.3) is 0 Å². The summed E-state index contributed by atoms with van der Waals surface area (Å²) in [7, 11) is 1.62. The highest BCUT2D eigenvalue weighted by atomic mass is 35.5. The summed E-state index contributed by atoms with van der Waals surface area (Å²) < 4.78 is 6.60. The van der Waals surface area contributed by atoms with Gasteiger partial charge in [-0.3, -0.25) is 4.79 Å². The minimum atomic E-state index is -0.103. The SMILES string of the molecule is COCCNCC(=O)Nc1cnn(-c2ccccc2)c1.Cl. The van der Waals surface area contributed by atoms with Crippen LogP contribution in [0, 0.1) is 0 Å². The number of halogens is 1. The molecule has 1 amide bonds. The first-order valence-electron chi connectivity index (χ1n) is 6.39. The van der Waals surface area contributed by atoms with Gasteiger partial charge in [-0.2, -0.15) is 5.10 Å². The zero-order chi connectivity index (χ0) is 14.2. The van der Waals surface area contributed by atoms with Gasteiger partial charge in [0.15, 0.2) is 0 Å². The molecular weight excluding hydrogens is 292 g/mol. The second-order valence-corrected chi connectivity index (χ2v) is 4.23. The third kappa shape index (κ3) is 5.55. The zero-order valence-corrected chi connectivity index (χ0v) is 12.6. The molecule has 0 saturated heterocycles. The number of amides is 1. The van der Waals surface area contributed by atoms with Crippen LogP contribution in [0.2, 0.25) is 0 Å². The average molecular weight is 311 g/mol. The molecule has 2 rings (SSSR count). The van der Waals surface area contributed by atoms with E-state index in [1.165, 1.54) is 0 Å². The van der Waals surface area contributed by atoms with Gasteiger partial charge < -0.3 is 15.4 Å². The second-order valence-electron chi connectivity index (χ2n) is 4.23. The van der Waals surface area contributed by atoms with Crippen molar-refractivity contribution in [2.75, 3.05) is 32.1 Å². The van der Waals surface area contributed by atoms with Crippen LogP contribution in [0.15, 0.2) is 42.7 Å². The fourth-order valence-electron chi connectivity index (χ4n) is 1.69. The van der Waals surface area contributed by atoms with Gasteiger partial charge in [-0.25, -0.2) is 4.68 Å². The van der Waals surface area contributed by atoms with E-state index in [4.69, 9.17) is 4.74 Å². The number of nitrogens with zero attached hydrogens (tertiary/aromatic N) is 2. The molecule has 0 saturated carbocycles. The number of hydrogen-bond donors (Lipinski definition) is 2. The van der Waals surface area contributed by atoms with Gasteiger partial charge in [0, 0.05) is 13.7 Å². The van der Waals surface area contributed by atoms with Gasteiger partial charge in [0.1, 0.15) is 0 Å². The van der Waals surface area contributed by atoms with Crippen molar-refractivity contribution < 1.29 is 9.53 Å². The lowest BCUT2D eigenvalue weighted by Crippen LogP contribution is -2.30. The number of carbonyl (C=O) groups is 1. The minimum absolute atomic E-state index is 0. The highest BCUT2D eigenvalue weighted by molar-refractivity contribution is 5.92. The highest BCUT2D eigenvalue weighted by Gasteiger charge is 2.04. The summed E-state index contributed by atoms with van der Waals surface area (Å²) in [4.78, 5) is 11.7. The van der Waals surface area contributed by atoms with E-state index in [1.807, 2.05) is 30.3 Å². The van der Waals surface area contributed by atoms with Crippen LogP contribution < -0.4 is 10.6 Å². The Morgan fingerprint density at radius 2 is 2.10 bits per heavy atom. The lowest BCUT2D eigenvalue weighted by Gasteiger charge is -2.04. The molecule has 0 fully saturated rings. The Hall–Kier alpha value is -1.89. The molecule has 0 unspecified atom stereocenters. The Morgan fingerprint density at radius 1 is 1.33 bits per heavy atom. The normalized spacial score (nSPS) is 9.95. The largest absolute Gasteiger partial charge is 0.383 e. The molecular formula is C14H19ClN4O2. The number of carbonyl (C=O) groups excluding carboxylic acids is 1. The van der Waals surface area contributed by atoms with Crippen molar-refractivity contribution in [3.63, 3.8) is 0 Å². The van der Waals surface area contributed by atoms with E-state index < -0.39 is 0 Å². The maximum absolute atomic E-state index is 11.7. The molecule has 21 heavy (non-hydrogen) atoms. The number of rotatable bonds is 7. The highest BCUT2D eigenvalue weighted by Crippen LogP contribution is 2.10. The predicted molar refractivity (Wildman–Crippen MR) is 84.2 cm³/mol. The van der Waals surface area contributed by atoms with Gasteiger partial charge >= 0.3 is 0 Å². The van der Waals surface area contributed by atoms with Crippen molar-refractivity contribution in [1.82, 2.24) is 15.1 Å². The summed E-state index contributed by atoms with van der Waals surface area (Å²) >= 11 is 0. The van der Waals surface area contributed by atoms with Crippen molar-refractivity contribution >= 4 is 24.0 Å². The number of anilines is 1. The Morgan fingerprint density at radius 3 is 2.81 bits per heavy atom. The topological polar surface area (TPSA) is 68.2 Å². The van der Waals surface area contributed by atoms with Gasteiger partial charge in [-0.15, -0.1) is 12.4 Å². The number of para-hydroxylation sites is 1. The van der Waals surface area contributed by atoms with E-state index in [0.29, 0.717) is 18.8 Å². The van der Waals surface area contributed by atoms with Crippen molar-refractivity contribution in [3.05, 3.63) is 42.7 Å². The third-order valence-corrected chi connectivity index (χ3v) is 2.66. The predicted octanol–water partition coefficient (Wildman–Crippen LogP) is 1.47. The van der Waals surface area contributed by atoms with Gasteiger partial charge in [0.05, 0.1) is 36.9 Å². The Kier molecular flexibility index (Phi) is 7.45. The molecule has 0 bridgehead atoms. The summed E-state index contributed by atoms with van der Waals surface area (Å²) in [5.41, 5.74) is 1.62. The first-order chi connectivity index (χ1) is 9.79. The minimum Gasteiger partial charge on any atom is -0.383 e. The van der Waals surface area contributed by atoms with Crippen LogP contribution >= 0.6 is 12.4 Å². The molecule has 114 valence electrons. The summed E-state index contributed by atoms with van der Waals surface area (Å²) in [5, 5.41) is 9.97. The first kappa shape index (κ1) is 17.2. The summed E-state index contributed by atoms with van der Waals surface area (Å²) in [5.74, 6) is -0.103. The standard InChI is InChI=1S/C14H18N4O2.ClH/c1-20-8-7-15-10-14(19)17-12-9-16-18(11-12)13-5-3-2-4-6-13;/h2-6,9,11,15H,7-8,10H2,1H3,(H,17,19);1H. The fourth-order valence-corrected chi connectivity index (χ4v) is 1.69. The molecule has 1 aromatic carbocycles. The molecule has 0 aliphatic carbocycles. The second kappa shape index (κ2) is 9.12. The molecule has 1 aromatic heterocycles. The number of benzene rings is 1. The van der Waals surface area contributed by atoms with Gasteiger partial charge in [0.2, 0.25) is 5.91 Å². The quantitative estimate of drug-likeness (QED) is 0.760. The van der Waals surface area contributed by atoms with Crippen molar-refractivity contribution in [1.29, 1.82) is 0 Å². The lowest BCUT2D eigenvalue weighted by molar-refractivity contribution is -0.115. The van der Waals surface area contributed by atoms with E-state index in [0.717, 1.165) is 5.69 Å². The number of methoxy groups -OCH3 is 1. The van der Waals surface area contributed by atoms with Crippen LogP contribution in [0.25, 0.3) is 5.69 Å². The van der Waals surface area contributed by atoms with Crippen molar-refractivity contribution in [2.24, 2.45) is 0 Å². The Bertz CT molecular complexity index is 545. The maximum atomic E-state index is 11.7. The molecule has 7 heteroatoms. The molecule has 6 nitrogen and oxygen atoms in total. The third-order valence-electron chi connectivity index (χ3n) is 2.66. The average Bonchev–Trinajstić information content (AvgIpc) is 2.93. The molecule has 2 aromatic rings. The first-order valence-corrected chi connectivity index (χ1v) is 6.39. The van der Waals surface area contributed by atoms with Crippen LogP contribution in [-0.4, -0.2) is 42.5 Å². The molecule has 2 N–H and O–H groups in total. The molecule has 0 spiro atoms. The number of aromatic nitrogens is 2. The maximum Gasteiger partial charge on any atom is 0.238 e. The van der Waals surface area contributed by atoms with E-state index in [9.17, 15) is 4.79 Å². The van der Waals surface area contributed by atoms with Crippen LogP contribution in [0.5, 0.6) is 0 Å². The van der Waals surface area contributed by atoms with Gasteiger partial charge in [-0.05, 0) is 12.1 Å². The Labute approximate surface area is 129 Å². The number of ether oxygens (including phenoxy) is 1. The summed E-state index contributed by atoms with van der Waals surface area (Å²) in [6.07, 6.45) is 3.41. The zero-order valence-electron chi connectivity index (χ0n) is 11.8. The van der Waals surface area contributed by atoms with Gasteiger partial charge in [-0.1, -0.05) is 18.2 Å². The lowest BCUT2D eigenvalue weighted by atomic mass is 10.3. The Balaban J connectivity index is 0.00000220. The fraction of sp³-hybridized carbons (Fsp3) is 0.286. The molecule has 1 heterocycles. The molecule has 0 atom stereocenters. The van der Waals surface area contributed by atoms with Crippen LogP contribution in [0.3, 0.4) is 0 Å².